The van der Waals surface area contributed by atoms with Crippen molar-refractivity contribution in [3.63, 3.8) is 0 Å². The number of rotatable bonds is 6. The number of aliphatic hydroxyl groups excluding tert-OH is 2. The van der Waals surface area contributed by atoms with Crippen LogP contribution < -0.4 is 5.32 Å². The van der Waals surface area contributed by atoms with Crippen molar-refractivity contribution < 1.29 is 15.0 Å². The maximum absolute atomic E-state index is 12.6. The van der Waals surface area contributed by atoms with Gasteiger partial charge in [-0.15, -0.1) is 0 Å². The van der Waals surface area contributed by atoms with E-state index in [2.05, 4.69) is 5.32 Å². The Morgan fingerprint density at radius 1 is 1.36 bits per heavy atom. The van der Waals surface area contributed by atoms with Crippen LogP contribution in [0.2, 0.25) is 0 Å². The van der Waals surface area contributed by atoms with Crippen LogP contribution in [0.25, 0.3) is 0 Å². The van der Waals surface area contributed by atoms with Crippen molar-refractivity contribution in [3.05, 3.63) is 29.8 Å². The molecule has 0 heterocycles. The fourth-order valence-corrected chi connectivity index (χ4v) is 2.90. The van der Waals surface area contributed by atoms with Crippen LogP contribution >= 0.6 is 0 Å². The molecular formula is C17H26N2O3. The smallest absolute Gasteiger partial charge is 0.253 e. The predicted molar refractivity (Wildman–Crippen MR) is 87.0 cm³/mol. The van der Waals surface area contributed by atoms with Gasteiger partial charge in [0.05, 0.1) is 12.7 Å². The summed E-state index contributed by atoms with van der Waals surface area (Å²) in [5.74, 6) is 0.0401. The normalized spacial score (nSPS) is 17.0. The maximum Gasteiger partial charge on any atom is 0.253 e. The molecule has 1 fully saturated rings. The highest BCUT2D eigenvalue weighted by molar-refractivity contribution is 5.95. The minimum absolute atomic E-state index is 0.0401. The molecule has 5 nitrogen and oxygen atoms in total. The van der Waals surface area contributed by atoms with Crippen molar-refractivity contribution in [2.45, 2.75) is 44.2 Å². The molecule has 0 spiro atoms. The standard InChI is InChI=1S/C17H26N2O3/c1-19(15-8-3-2-4-9-15)17(22)13-6-5-7-14(10-13)18-11-16(21)12-20/h5-7,10,15-16,18,20-21H,2-4,8-9,11-12H2,1H3. The Labute approximate surface area is 131 Å². The largest absolute Gasteiger partial charge is 0.394 e. The molecule has 2 rings (SSSR count). The van der Waals surface area contributed by atoms with E-state index < -0.39 is 6.10 Å². The first-order valence-electron chi connectivity index (χ1n) is 8.02. The molecule has 5 heteroatoms. The number of aliphatic hydroxyl groups is 2. The monoisotopic (exact) mass is 306 g/mol. The van der Waals surface area contributed by atoms with Crippen molar-refractivity contribution in [1.82, 2.24) is 4.90 Å². The molecule has 0 bridgehead atoms. The fraction of sp³-hybridized carbons (Fsp3) is 0.588. The predicted octanol–water partition coefficient (Wildman–Crippen LogP) is 1.86. The average molecular weight is 306 g/mol. The van der Waals surface area contributed by atoms with Gasteiger partial charge in [-0.25, -0.2) is 0 Å². The highest BCUT2D eigenvalue weighted by Gasteiger charge is 2.23. The summed E-state index contributed by atoms with van der Waals surface area (Å²) < 4.78 is 0. The third kappa shape index (κ3) is 4.45. The van der Waals surface area contributed by atoms with E-state index in [1.807, 2.05) is 30.1 Å². The lowest BCUT2D eigenvalue weighted by Gasteiger charge is -2.31. The molecule has 1 amide bonds. The highest BCUT2D eigenvalue weighted by atomic mass is 16.3. The van der Waals surface area contributed by atoms with E-state index in [4.69, 9.17) is 5.11 Å². The topological polar surface area (TPSA) is 72.8 Å². The molecule has 22 heavy (non-hydrogen) atoms. The summed E-state index contributed by atoms with van der Waals surface area (Å²) in [4.78, 5) is 14.5. The van der Waals surface area contributed by atoms with Crippen LogP contribution in [0, 0.1) is 0 Å². The van der Waals surface area contributed by atoms with Crippen LogP contribution in [0.1, 0.15) is 42.5 Å². The van der Waals surface area contributed by atoms with Gasteiger partial charge in [0.15, 0.2) is 0 Å². The van der Waals surface area contributed by atoms with Gasteiger partial charge >= 0.3 is 0 Å². The van der Waals surface area contributed by atoms with E-state index in [1.54, 1.807) is 6.07 Å². The summed E-state index contributed by atoms with van der Waals surface area (Å²) in [5, 5.41) is 21.2. The van der Waals surface area contributed by atoms with Crippen LogP contribution in [-0.2, 0) is 0 Å². The third-order valence-corrected chi connectivity index (χ3v) is 4.30. The van der Waals surface area contributed by atoms with E-state index in [1.165, 1.54) is 19.3 Å². The number of carbonyl (C=O) groups excluding carboxylic acids is 1. The summed E-state index contributed by atoms with van der Waals surface area (Å²) in [6.45, 7) is -0.0252. The molecule has 1 aliphatic carbocycles. The molecule has 3 N–H and O–H groups in total. The molecule has 1 aromatic carbocycles. The Kier molecular flexibility index (Phi) is 6.21. The van der Waals surface area contributed by atoms with E-state index in [-0.39, 0.29) is 19.1 Å². The summed E-state index contributed by atoms with van der Waals surface area (Å²) in [5.41, 5.74) is 1.42. The zero-order chi connectivity index (χ0) is 15.9. The molecule has 1 aromatic rings. The van der Waals surface area contributed by atoms with E-state index in [0.717, 1.165) is 18.5 Å². The lowest BCUT2D eigenvalue weighted by atomic mass is 9.94. The second-order valence-electron chi connectivity index (χ2n) is 6.01. The van der Waals surface area contributed by atoms with Crippen LogP contribution in [0.15, 0.2) is 24.3 Å². The summed E-state index contributed by atoms with van der Waals surface area (Å²) >= 11 is 0. The molecule has 0 aliphatic heterocycles. The zero-order valence-corrected chi connectivity index (χ0v) is 13.2. The van der Waals surface area contributed by atoms with Gasteiger partial charge in [0.2, 0.25) is 0 Å². The van der Waals surface area contributed by atoms with E-state index >= 15 is 0 Å². The lowest BCUT2D eigenvalue weighted by Crippen LogP contribution is -2.38. The number of carbonyl (C=O) groups is 1. The molecule has 122 valence electrons. The molecule has 0 radical (unpaired) electrons. The number of amides is 1. The first-order chi connectivity index (χ1) is 10.6. The van der Waals surface area contributed by atoms with Crippen molar-refractivity contribution in [1.29, 1.82) is 0 Å². The lowest BCUT2D eigenvalue weighted by molar-refractivity contribution is 0.0696. The molecular weight excluding hydrogens is 280 g/mol. The van der Waals surface area contributed by atoms with Crippen molar-refractivity contribution in [3.8, 4) is 0 Å². The Bertz CT molecular complexity index is 487. The molecule has 1 saturated carbocycles. The number of nitrogens with one attached hydrogen (secondary N) is 1. The first-order valence-corrected chi connectivity index (χ1v) is 8.02. The van der Waals surface area contributed by atoms with Gasteiger partial charge in [-0.2, -0.15) is 0 Å². The Hall–Kier alpha value is -1.59. The molecule has 1 unspecified atom stereocenters. The minimum atomic E-state index is -0.802. The van der Waals surface area contributed by atoms with E-state index in [0.29, 0.717) is 11.6 Å². The second kappa shape index (κ2) is 8.15. The van der Waals surface area contributed by atoms with Crippen molar-refractivity contribution in [2.75, 3.05) is 25.5 Å². The molecule has 1 aliphatic rings. The Balaban J connectivity index is 1.99. The van der Waals surface area contributed by atoms with Gasteiger partial charge < -0.3 is 20.4 Å². The summed E-state index contributed by atoms with van der Waals surface area (Å²) in [7, 11) is 1.88. The second-order valence-corrected chi connectivity index (χ2v) is 6.01. The van der Waals surface area contributed by atoms with Crippen LogP contribution in [-0.4, -0.2) is 53.4 Å². The quantitative estimate of drug-likeness (QED) is 0.750. The SMILES string of the molecule is CN(C(=O)c1cccc(NCC(O)CO)c1)C1CCCCC1. The van der Waals surface area contributed by atoms with Gasteiger partial charge in [-0.1, -0.05) is 25.3 Å². The molecule has 0 aromatic heterocycles. The Morgan fingerprint density at radius 3 is 2.77 bits per heavy atom. The number of hydrogen-bond donors (Lipinski definition) is 3. The number of nitrogens with zero attached hydrogens (tertiary/aromatic N) is 1. The molecule has 1 atom stereocenters. The number of anilines is 1. The van der Waals surface area contributed by atoms with Gasteiger partial charge in [-0.3, -0.25) is 4.79 Å². The van der Waals surface area contributed by atoms with Gasteiger partial charge in [-0.05, 0) is 31.0 Å². The molecule has 0 saturated heterocycles. The van der Waals surface area contributed by atoms with Crippen molar-refractivity contribution in [2.24, 2.45) is 0 Å². The Morgan fingerprint density at radius 2 is 2.09 bits per heavy atom. The first kappa shape index (κ1) is 16.8. The van der Waals surface area contributed by atoms with Crippen LogP contribution in [0.3, 0.4) is 0 Å². The number of benzene rings is 1. The average Bonchev–Trinajstić information content (AvgIpc) is 2.59. The zero-order valence-electron chi connectivity index (χ0n) is 13.2. The highest BCUT2D eigenvalue weighted by Crippen LogP contribution is 2.23. The third-order valence-electron chi connectivity index (χ3n) is 4.30. The van der Waals surface area contributed by atoms with Gasteiger partial charge in [0, 0.05) is 30.9 Å². The summed E-state index contributed by atoms with van der Waals surface area (Å²) in [6, 6.07) is 7.63. The van der Waals surface area contributed by atoms with Gasteiger partial charge in [0.25, 0.3) is 5.91 Å². The summed E-state index contributed by atoms with van der Waals surface area (Å²) in [6.07, 6.45) is 5.03. The fourth-order valence-electron chi connectivity index (χ4n) is 2.90. The van der Waals surface area contributed by atoms with Crippen LogP contribution in [0.4, 0.5) is 5.69 Å². The number of hydrogen-bond acceptors (Lipinski definition) is 4. The van der Waals surface area contributed by atoms with Crippen molar-refractivity contribution >= 4 is 11.6 Å². The maximum atomic E-state index is 12.6. The van der Waals surface area contributed by atoms with Crippen LogP contribution in [0.5, 0.6) is 0 Å². The minimum Gasteiger partial charge on any atom is -0.394 e. The van der Waals surface area contributed by atoms with Gasteiger partial charge in [0.1, 0.15) is 0 Å². The van der Waals surface area contributed by atoms with E-state index in [9.17, 15) is 9.90 Å².